The molecule has 2 aromatic carbocycles. The lowest BCUT2D eigenvalue weighted by Gasteiger charge is -2.36. The highest BCUT2D eigenvalue weighted by Gasteiger charge is 2.29. The lowest BCUT2D eigenvalue weighted by molar-refractivity contribution is -0.142. The summed E-state index contributed by atoms with van der Waals surface area (Å²) >= 11 is 0. The van der Waals surface area contributed by atoms with Crippen molar-refractivity contribution in [1.29, 1.82) is 0 Å². The summed E-state index contributed by atoms with van der Waals surface area (Å²) < 4.78 is 0. The fraction of sp³-hybridized carbons (Fsp3) is 0.429. The molecule has 33 heavy (non-hydrogen) atoms. The van der Waals surface area contributed by atoms with Crippen LogP contribution >= 0.6 is 0 Å². The molecule has 2 unspecified atom stereocenters. The minimum absolute atomic E-state index is 0.223. The first-order valence-electron chi connectivity index (χ1n) is 12.0. The minimum atomic E-state index is -0.998. The summed E-state index contributed by atoms with van der Waals surface area (Å²) in [7, 11) is 1.53. The van der Waals surface area contributed by atoms with E-state index in [0.717, 1.165) is 12.8 Å². The predicted molar refractivity (Wildman–Crippen MR) is 132 cm³/mol. The molecule has 0 bridgehead atoms. The van der Waals surface area contributed by atoms with Crippen molar-refractivity contribution in [3.8, 4) is 0 Å². The summed E-state index contributed by atoms with van der Waals surface area (Å²) in [4.78, 5) is 24.6. The maximum absolute atomic E-state index is 12.5. The molecule has 4 atom stereocenters. The van der Waals surface area contributed by atoms with Crippen LogP contribution in [0, 0.1) is 11.8 Å². The molecule has 2 aromatic rings. The number of benzene rings is 2. The maximum Gasteiger partial charge on any atom is 0.323 e. The van der Waals surface area contributed by atoms with Crippen LogP contribution in [0.2, 0.25) is 0 Å². The number of carboxylic acids is 1. The van der Waals surface area contributed by atoms with Gasteiger partial charge in [-0.15, -0.1) is 0 Å². The lowest BCUT2D eigenvalue weighted by Crippen LogP contribution is -2.37. The third-order valence-electron chi connectivity index (χ3n) is 7.19. The van der Waals surface area contributed by atoms with Gasteiger partial charge >= 0.3 is 5.97 Å². The zero-order chi connectivity index (χ0) is 23.4. The second kappa shape index (κ2) is 10.3. The quantitative estimate of drug-likeness (QED) is 0.621. The van der Waals surface area contributed by atoms with E-state index in [-0.39, 0.29) is 18.5 Å². The van der Waals surface area contributed by atoms with Gasteiger partial charge in [0.15, 0.2) is 0 Å². The van der Waals surface area contributed by atoms with Gasteiger partial charge < -0.3 is 15.3 Å². The van der Waals surface area contributed by atoms with Crippen LogP contribution in [0.4, 0.5) is 0 Å². The van der Waals surface area contributed by atoms with Crippen molar-refractivity contribution in [2.45, 2.75) is 51.1 Å². The molecule has 0 aromatic heterocycles. The molecule has 0 saturated heterocycles. The molecule has 4 rings (SSSR count). The normalized spacial score (nSPS) is 23.7. The highest BCUT2D eigenvalue weighted by molar-refractivity contribution is 5.97. The van der Waals surface area contributed by atoms with E-state index in [0.29, 0.717) is 23.5 Å². The Labute approximate surface area is 196 Å². The summed E-state index contributed by atoms with van der Waals surface area (Å²) in [5.41, 5.74) is 1.95. The smallest absolute Gasteiger partial charge is 0.323 e. The summed E-state index contributed by atoms with van der Waals surface area (Å²) in [6.45, 7) is 1.98. The minimum Gasteiger partial charge on any atom is -0.480 e. The van der Waals surface area contributed by atoms with Crippen molar-refractivity contribution in [3.05, 3.63) is 71.8 Å². The van der Waals surface area contributed by atoms with E-state index in [4.69, 9.17) is 5.11 Å². The van der Waals surface area contributed by atoms with Gasteiger partial charge in [-0.1, -0.05) is 67.1 Å². The van der Waals surface area contributed by atoms with Crippen LogP contribution in [-0.2, 0) is 9.59 Å². The van der Waals surface area contributed by atoms with Crippen molar-refractivity contribution >= 4 is 22.6 Å². The summed E-state index contributed by atoms with van der Waals surface area (Å²) in [6.07, 6.45) is 11.7. The third kappa shape index (κ3) is 5.53. The molecule has 0 aliphatic heterocycles. The Bertz CT molecular complexity index is 1070. The van der Waals surface area contributed by atoms with Crippen LogP contribution in [0.25, 0.3) is 10.8 Å². The molecule has 0 heterocycles. The molecule has 2 aliphatic carbocycles. The Kier molecular flexibility index (Phi) is 7.29. The zero-order valence-electron chi connectivity index (χ0n) is 19.5. The number of fused-ring (bicyclic) bond motifs is 1. The van der Waals surface area contributed by atoms with Crippen LogP contribution in [0.15, 0.2) is 66.3 Å². The lowest BCUT2D eigenvalue weighted by atomic mass is 9.74. The number of hydrogen-bond acceptors (Lipinski definition) is 3. The molecule has 0 spiro atoms. The number of nitrogens with zero attached hydrogens (tertiary/aromatic N) is 1. The number of aliphatic carboxylic acids is 1. The van der Waals surface area contributed by atoms with Crippen LogP contribution in [-0.4, -0.2) is 41.5 Å². The molecule has 5 heteroatoms. The average molecular weight is 447 g/mol. The van der Waals surface area contributed by atoms with Gasteiger partial charge in [0, 0.05) is 24.7 Å². The van der Waals surface area contributed by atoms with Gasteiger partial charge in [-0.2, -0.15) is 0 Å². The Balaban J connectivity index is 1.35. The van der Waals surface area contributed by atoms with Crippen LogP contribution < -0.4 is 5.32 Å². The first kappa shape index (κ1) is 23.2. The van der Waals surface area contributed by atoms with E-state index < -0.39 is 5.97 Å². The molecule has 2 N–H and O–H groups in total. The highest BCUT2D eigenvalue weighted by Crippen LogP contribution is 2.36. The monoisotopic (exact) mass is 446 g/mol. The third-order valence-corrected chi connectivity index (χ3v) is 7.19. The molecule has 2 aliphatic rings. The summed E-state index contributed by atoms with van der Waals surface area (Å²) in [5.74, 6) is -0.192. The van der Waals surface area contributed by atoms with Gasteiger partial charge in [0.2, 0.25) is 0 Å². The first-order valence-corrected chi connectivity index (χ1v) is 12.0. The molecule has 0 radical (unpaired) electrons. The molecule has 174 valence electrons. The van der Waals surface area contributed by atoms with Crippen molar-refractivity contribution in [3.63, 3.8) is 0 Å². The maximum atomic E-state index is 12.5. The molecule has 1 amide bonds. The van der Waals surface area contributed by atoms with Gasteiger partial charge in [0.05, 0.1) is 0 Å². The second-order valence-electron chi connectivity index (χ2n) is 9.55. The number of nitrogens with one attached hydrogen (secondary N) is 1. The van der Waals surface area contributed by atoms with Crippen molar-refractivity contribution < 1.29 is 14.7 Å². The van der Waals surface area contributed by atoms with Crippen LogP contribution in [0.5, 0.6) is 0 Å². The van der Waals surface area contributed by atoms with Gasteiger partial charge in [-0.25, -0.2) is 0 Å². The number of hydrogen-bond donors (Lipinski definition) is 2. The van der Waals surface area contributed by atoms with Crippen LogP contribution in [0.1, 0.15) is 50.6 Å². The van der Waals surface area contributed by atoms with Gasteiger partial charge in [-0.05, 0) is 60.8 Å². The van der Waals surface area contributed by atoms with E-state index in [9.17, 15) is 9.59 Å². The topological polar surface area (TPSA) is 69.6 Å². The highest BCUT2D eigenvalue weighted by atomic mass is 16.4. The Morgan fingerprint density at radius 1 is 1.15 bits per heavy atom. The predicted octanol–water partition coefficient (Wildman–Crippen LogP) is 5.09. The average Bonchev–Trinajstić information content (AvgIpc) is 2.83. The van der Waals surface area contributed by atoms with E-state index >= 15 is 0 Å². The Morgan fingerprint density at radius 2 is 1.94 bits per heavy atom. The van der Waals surface area contributed by atoms with Crippen molar-refractivity contribution in [2.75, 3.05) is 13.6 Å². The molecular formula is C28H34N2O3. The largest absolute Gasteiger partial charge is 0.480 e. The standard InChI is InChI=1S/C28H34N2O3/c1-19(25-12-6-8-21-7-3-4-11-26(21)25)29-24-10-5-9-23(17-24)20-13-15-22(16-14-20)28(33)30(2)18-27(31)32/h3-4,6-8,11-13,15-16,19-20,23-24,29H,5,9-10,14,17-18H2,1-2H3,(H,31,32)/t19?,20?,23-,24-/m0/s1. The van der Waals surface area contributed by atoms with Gasteiger partial charge in [-0.3, -0.25) is 9.59 Å². The Hall–Kier alpha value is -2.92. The molecule has 1 saturated carbocycles. The van der Waals surface area contributed by atoms with E-state index in [2.05, 4.69) is 60.8 Å². The van der Waals surface area contributed by atoms with E-state index in [1.165, 1.54) is 47.5 Å². The molecule has 5 nitrogen and oxygen atoms in total. The number of carbonyl (C=O) groups is 2. The number of carbonyl (C=O) groups excluding carboxylic acids is 1. The summed E-state index contributed by atoms with van der Waals surface area (Å²) in [5, 5.41) is 15.4. The Morgan fingerprint density at radius 3 is 2.70 bits per heavy atom. The van der Waals surface area contributed by atoms with Gasteiger partial charge in [0.25, 0.3) is 5.91 Å². The van der Waals surface area contributed by atoms with Crippen molar-refractivity contribution in [2.24, 2.45) is 11.8 Å². The number of carboxylic acid groups (broad SMARTS) is 1. The molecular weight excluding hydrogens is 412 g/mol. The van der Waals surface area contributed by atoms with E-state index in [1.54, 1.807) is 0 Å². The number of allylic oxidation sites excluding steroid dienone is 2. The molecule has 1 fully saturated rings. The van der Waals surface area contributed by atoms with Crippen molar-refractivity contribution in [1.82, 2.24) is 10.2 Å². The fourth-order valence-corrected chi connectivity index (χ4v) is 5.48. The zero-order valence-corrected chi connectivity index (χ0v) is 19.5. The van der Waals surface area contributed by atoms with Crippen LogP contribution in [0.3, 0.4) is 0 Å². The second-order valence-corrected chi connectivity index (χ2v) is 9.55. The number of likely N-dealkylation sites (N-methyl/N-ethyl adjacent to an activating group) is 1. The number of amides is 1. The summed E-state index contributed by atoms with van der Waals surface area (Å²) in [6, 6.07) is 15.9. The number of rotatable bonds is 7. The first-order chi connectivity index (χ1) is 15.9. The fourth-order valence-electron chi connectivity index (χ4n) is 5.48. The van der Waals surface area contributed by atoms with Gasteiger partial charge in [0.1, 0.15) is 6.54 Å². The van der Waals surface area contributed by atoms with E-state index in [1.807, 2.05) is 12.2 Å². The SMILES string of the molecule is CC(N[C@H]1CCC[C@H](C2C=CC(C(=O)N(C)CC(=O)O)=CC2)C1)c1cccc2ccccc12.